The number of hydrogen-bond acceptors (Lipinski definition) is 8. The Hall–Kier alpha value is -3.56. The Bertz CT molecular complexity index is 1780. The predicted octanol–water partition coefficient (Wildman–Crippen LogP) is 13.6. The van der Waals surface area contributed by atoms with Crippen LogP contribution in [-0.2, 0) is 58.1 Å². The van der Waals surface area contributed by atoms with E-state index in [4.69, 9.17) is 9.47 Å². The summed E-state index contributed by atoms with van der Waals surface area (Å²) in [5.41, 5.74) is 8.30. The molecule has 0 spiro atoms. The van der Waals surface area contributed by atoms with E-state index in [1.165, 1.54) is 110 Å². The molecule has 6 atom stereocenters. The standard InChI is InChI=1S/C37H57N3O2.C16H25N.C8H16O2/c1-4-6-25-42-37(41)23-24-40(36-14-10-7-11-29(36)3)28-33-21-19-32(20-22-33)27-39-35-13-9-8-12-34(35)38-26-31-17-15-30(5-2)16-18-31;1-3-14-8-10-15(11-9-14)12-17-16-7-5-4-6-13(16)2;1-3-5-7-10-8(9)6-4-2/h15-22,29,34-36,38-39H,4-14,23-28H2,1-3H3;8-11,13,16-17H,3-7,12H2,1-2H3;3-7H2,1-2H3. The molecule has 8 nitrogen and oxygen atoms in total. The van der Waals surface area contributed by atoms with Gasteiger partial charge < -0.3 is 25.4 Å². The minimum Gasteiger partial charge on any atom is -0.466 e. The van der Waals surface area contributed by atoms with E-state index in [0.717, 1.165) is 89.6 Å². The minimum absolute atomic E-state index is 0.0526. The largest absolute Gasteiger partial charge is 0.466 e. The Morgan fingerprint density at radius 2 is 0.870 bits per heavy atom. The van der Waals surface area contributed by atoms with E-state index in [1.807, 2.05) is 6.92 Å². The van der Waals surface area contributed by atoms with E-state index in [2.05, 4.69) is 135 Å². The Kier molecular flexibility index (Phi) is 29.2. The van der Waals surface area contributed by atoms with Crippen molar-refractivity contribution in [1.29, 1.82) is 0 Å². The number of aryl methyl sites for hydroxylation is 2. The van der Waals surface area contributed by atoms with Crippen LogP contribution in [0.4, 0.5) is 0 Å². The number of unbranched alkanes of at least 4 members (excludes halogenated alkanes) is 2. The van der Waals surface area contributed by atoms with E-state index in [-0.39, 0.29) is 11.9 Å². The van der Waals surface area contributed by atoms with E-state index >= 15 is 0 Å². The topological polar surface area (TPSA) is 91.9 Å². The first kappa shape index (κ1) is 58.0. The van der Waals surface area contributed by atoms with Gasteiger partial charge in [-0.2, -0.15) is 0 Å². The van der Waals surface area contributed by atoms with Crippen LogP contribution in [0.1, 0.15) is 204 Å². The van der Waals surface area contributed by atoms with Gasteiger partial charge in [-0.05, 0) is 116 Å². The van der Waals surface area contributed by atoms with Crippen LogP contribution in [0.15, 0.2) is 72.8 Å². The summed E-state index contributed by atoms with van der Waals surface area (Å²) >= 11 is 0. The van der Waals surface area contributed by atoms with Crippen molar-refractivity contribution in [3.63, 3.8) is 0 Å². The van der Waals surface area contributed by atoms with Crippen LogP contribution in [-0.4, -0.2) is 60.8 Å². The van der Waals surface area contributed by atoms with Crippen molar-refractivity contribution >= 4 is 11.9 Å². The van der Waals surface area contributed by atoms with Gasteiger partial charge in [0.15, 0.2) is 0 Å². The second-order valence-electron chi connectivity index (χ2n) is 20.6. The molecule has 0 amide bonds. The molecule has 69 heavy (non-hydrogen) atoms. The normalized spacial score (nSPS) is 21.3. The van der Waals surface area contributed by atoms with Gasteiger partial charge in [0.05, 0.1) is 19.6 Å². The van der Waals surface area contributed by atoms with Crippen LogP contribution in [0.5, 0.6) is 0 Å². The van der Waals surface area contributed by atoms with Gasteiger partial charge >= 0.3 is 11.9 Å². The predicted molar refractivity (Wildman–Crippen MR) is 289 cm³/mol. The van der Waals surface area contributed by atoms with Crippen molar-refractivity contribution in [2.24, 2.45) is 11.8 Å². The lowest BCUT2D eigenvalue weighted by Crippen LogP contribution is -2.49. The minimum atomic E-state index is -0.0593. The first-order valence-corrected chi connectivity index (χ1v) is 28.1. The number of esters is 2. The van der Waals surface area contributed by atoms with Crippen LogP contribution in [0.3, 0.4) is 0 Å². The number of benzene rings is 3. The average molecular weight is 951 g/mol. The van der Waals surface area contributed by atoms with Crippen LogP contribution in [0, 0.1) is 11.8 Å². The third kappa shape index (κ3) is 23.0. The van der Waals surface area contributed by atoms with E-state index in [0.29, 0.717) is 50.1 Å². The molecule has 0 radical (unpaired) electrons. The molecule has 6 unspecified atom stereocenters. The summed E-state index contributed by atoms with van der Waals surface area (Å²) in [5, 5.41) is 11.5. The molecule has 0 aliphatic heterocycles. The van der Waals surface area contributed by atoms with Gasteiger partial charge in [0.2, 0.25) is 0 Å². The Balaban J connectivity index is 0.000000312. The van der Waals surface area contributed by atoms with Crippen molar-refractivity contribution in [2.45, 2.75) is 234 Å². The first-order chi connectivity index (χ1) is 33.7. The van der Waals surface area contributed by atoms with Crippen molar-refractivity contribution in [3.8, 4) is 0 Å². The molecular weight excluding hydrogens is 853 g/mol. The van der Waals surface area contributed by atoms with E-state index < -0.39 is 0 Å². The molecular formula is C61H98N4O4. The Morgan fingerprint density at radius 1 is 0.478 bits per heavy atom. The van der Waals surface area contributed by atoms with E-state index in [1.54, 1.807) is 0 Å². The molecule has 0 saturated heterocycles. The lowest BCUT2D eigenvalue weighted by molar-refractivity contribution is -0.145. The number of rotatable bonds is 25. The Labute approximate surface area is 421 Å². The van der Waals surface area contributed by atoms with Gasteiger partial charge in [-0.1, -0.05) is 173 Å². The highest BCUT2D eigenvalue weighted by atomic mass is 16.5. The highest BCUT2D eigenvalue weighted by Gasteiger charge is 2.28. The maximum atomic E-state index is 12.4. The zero-order chi connectivity index (χ0) is 49.5. The number of carbonyl (C=O) groups is 2. The monoisotopic (exact) mass is 951 g/mol. The summed E-state index contributed by atoms with van der Waals surface area (Å²) in [4.78, 5) is 25.6. The SMILES string of the molecule is CCCCOC(=O)CCC.CCCCOC(=O)CCN(Cc1ccc(CNC2CCCCC2NCc2ccc(CC)cc2)cc1)C1CCCCC1C.CCc1ccc(CNC2CCCCC2C)cc1. The van der Waals surface area contributed by atoms with Crippen LogP contribution < -0.4 is 16.0 Å². The molecule has 3 saturated carbocycles. The third-order valence-corrected chi connectivity index (χ3v) is 15.0. The molecule has 3 aliphatic carbocycles. The lowest BCUT2D eigenvalue weighted by Gasteiger charge is -2.38. The highest BCUT2D eigenvalue weighted by Crippen LogP contribution is 2.30. The second-order valence-corrected chi connectivity index (χ2v) is 20.6. The molecule has 3 N–H and O–H groups in total. The summed E-state index contributed by atoms with van der Waals surface area (Å²) in [7, 11) is 0. The fourth-order valence-electron chi connectivity index (χ4n) is 10.2. The Morgan fingerprint density at radius 3 is 1.30 bits per heavy atom. The molecule has 0 aromatic heterocycles. The van der Waals surface area contributed by atoms with Crippen LogP contribution >= 0.6 is 0 Å². The van der Waals surface area contributed by atoms with Crippen molar-refractivity contribution < 1.29 is 19.1 Å². The van der Waals surface area contributed by atoms with Crippen LogP contribution in [0.2, 0.25) is 0 Å². The number of nitrogens with zero attached hydrogens (tertiary/aromatic N) is 1. The van der Waals surface area contributed by atoms with Crippen molar-refractivity contribution in [1.82, 2.24) is 20.9 Å². The van der Waals surface area contributed by atoms with Crippen molar-refractivity contribution in [2.75, 3.05) is 19.8 Å². The summed E-state index contributed by atoms with van der Waals surface area (Å²) < 4.78 is 10.4. The molecule has 8 heteroatoms. The van der Waals surface area contributed by atoms with Gasteiger partial charge in [0.25, 0.3) is 0 Å². The maximum absolute atomic E-state index is 12.4. The number of ether oxygens (including phenoxy) is 2. The summed E-state index contributed by atoms with van der Waals surface area (Å²) in [6.45, 7) is 21.1. The first-order valence-electron chi connectivity index (χ1n) is 28.1. The summed E-state index contributed by atoms with van der Waals surface area (Å²) in [6.07, 6.45) is 24.0. The average Bonchev–Trinajstić information content (AvgIpc) is 3.38. The number of hydrogen-bond donors (Lipinski definition) is 3. The molecule has 3 aromatic carbocycles. The zero-order valence-corrected chi connectivity index (χ0v) is 44.8. The fraction of sp³-hybridized carbons (Fsp3) is 0.672. The fourth-order valence-corrected chi connectivity index (χ4v) is 10.2. The second kappa shape index (κ2) is 34.7. The highest BCUT2D eigenvalue weighted by molar-refractivity contribution is 5.69. The molecule has 6 rings (SSSR count). The molecule has 0 heterocycles. The zero-order valence-electron chi connectivity index (χ0n) is 44.8. The van der Waals surface area contributed by atoms with Crippen LogP contribution in [0.25, 0.3) is 0 Å². The van der Waals surface area contributed by atoms with Gasteiger partial charge in [-0.3, -0.25) is 14.5 Å². The molecule has 3 aromatic rings. The van der Waals surface area contributed by atoms with Gasteiger partial charge in [-0.15, -0.1) is 0 Å². The van der Waals surface area contributed by atoms with Crippen molar-refractivity contribution in [3.05, 3.63) is 106 Å². The maximum Gasteiger partial charge on any atom is 0.307 e. The molecule has 3 aliphatic rings. The summed E-state index contributed by atoms with van der Waals surface area (Å²) in [6, 6.07) is 29.6. The molecule has 386 valence electrons. The van der Waals surface area contributed by atoms with E-state index in [9.17, 15) is 9.59 Å². The van der Waals surface area contributed by atoms with Gasteiger partial charge in [0.1, 0.15) is 0 Å². The number of nitrogens with one attached hydrogen (secondary N) is 3. The molecule has 3 fully saturated rings. The number of carbonyl (C=O) groups excluding carboxylic acids is 2. The molecule has 0 bridgehead atoms. The summed E-state index contributed by atoms with van der Waals surface area (Å²) in [5.74, 6) is 1.41. The smallest absolute Gasteiger partial charge is 0.307 e. The quantitative estimate of drug-likeness (QED) is 0.0571. The van der Waals surface area contributed by atoms with Gasteiger partial charge in [0, 0.05) is 63.3 Å². The van der Waals surface area contributed by atoms with Gasteiger partial charge in [-0.25, -0.2) is 0 Å². The lowest BCUT2D eigenvalue weighted by atomic mass is 9.84. The third-order valence-electron chi connectivity index (χ3n) is 15.0.